The molecule has 0 fully saturated rings. The van der Waals surface area contributed by atoms with E-state index in [-0.39, 0.29) is 11.8 Å². The fourth-order valence-electron chi connectivity index (χ4n) is 2.57. The third-order valence-electron chi connectivity index (χ3n) is 3.88. The van der Waals surface area contributed by atoms with Crippen LogP contribution in [-0.4, -0.2) is 24.4 Å². The van der Waals surface area contributed by atoms with Gasteiger partial charge in [-0.2, -0.15) is 0 Å². The van der Waals surface area contributed by atoms with E-state index in [1.54, 1.807) is 0 Å². The molecule has 0 bridgehead atoms. The third kappa shape index (κ3) is 5.68. The van der Waals surface area contributed by atoms with Gasteiger partial charge in [-0.15, -0.1) is 0 Å². The first kappa shape index (κ1) is 18.0. The minimum Gasteiger partial charge on any atom is -0.493 e. The van der Waals surface area contributed by atoms with Crippen LogP contribution in [0.3, 0.4) is 0 Å². The number of nitrogens with two attached hydrogens (primary N) is 1. The van der Waals surface area contributed by atoms with Crippen molar-refractivity contribution in [2.24, 2.45) is 17.6 Å². The van der Waals surface area contributed by atoms with Gasteiger partial charge in [0.2, 0.25) is 0 Å². The van der Waals surface area contributed by atoms with Crippen LogP contribution < -0.4 is 10.5 Å². The summed E-state index contributed by atoms with van der Waals surface area (Å²) in [7, 11) is 0. The molecular weight excluding hydrogens is 262 g/mol. The average Bonchev–Trinajstić information content (AvgIpc) is 2.47. The summed E-state index contributed by atoms with van der Waals surface area (Å²) < 4.78 is 5.69. The number of aliphatic hydroxyl groups is 1. The van der Waals surface area contributed by atoms with Crippen LogP contribution in [-0.2, 0) is 0 Å². The second-order valence-electron chi connectivity index (χ2n) is 6.37. The summed E-state index contributed by atoms with van der Waals surface area (Å²) in [5.41, 5.74) is 6.97. The Hall–Kier alpha value is -1.06. The number of rotatable bonds is 9. The fourth-order valence-corrected chi connectivity index (χ4v) is 2.57. The summed E-state index contributed by atoms with van der Waals surface area (Å²) in [6.45, 7) is 9.67. The van der Waals surface area contributed by atoms with Crippen LogP contribution in [0.5, 0.6) is 5.75 Å². The Kier molecular flexibility index (Phi) is 7.76. The van der Waals surface area contributed by atoms with E-state index in [2.05, 4.69) is 27.7 Å². The Labute approximate surface area is 129 Å². The summed E-state index contributed by atoms with van der Waals surface area (Å²) in [5, 5.41) is 10.5. The third-order valence-corrected chi connectivity index (χ3v) is 3.88. The molecule has 1 aromatic carbocycles. The maximum Gasteiger partial charge on any atom is 0.119 e. The molecule has 0 saturated carbocycles. The Morgan fingerprint density at radius 2 is 1.76 bits per heavy atom. The Morgan fingerprint density at radius 1 is 1.14 bits per heavy atom. The molecule has 1 aromatic rings. The van der Waals surface area contributed by atoms with Crippen molar-refractivity contribution in [2.45, 2.75) is 52.6 Å². The van der Waals surface area contributed by atoms with Crippen molar-refractivity contribution in [2.75, 3.05) is 13.2 Å². The number of hydrogen-bond donors (Lipinski definition) is 2. The number of ether oxygens (including phenoxy) is 1. The van der Waals surface area contributed by atoms with Gasteiger partial charge < -0.3 is 15.6 Å². The molecular formula is C18H31NO2. The molecule has 0 saturated heterocycles. The van der Waals surface area contributed by atoms with Crippen molar-refractivity contribution < 1.29 is 9.84 Å². The highest BCUT2D eigenvalue weighted by Gasteiger charge is 2.24. The van der Waals surface area contributed by atoms with Crippen molar-refractivity contribution in [3.05, 3.63) is 29.8 Å². The van der Waals surface area contributed by atoms with E-state index in [4.69, 9.17) is 10.5 Å². The fraction of sp³-hybridized carbons (Fsp3) is 0.667. The molecule has 0 radical (unpaired) electrons. The van der Waals surface area contributed by atoms with E-state index in [1.807, 2.05) is 24.3 Å². The lowest BCUT2D eigenvalue weighted by Gasteiger charge is -2.27. The minimum absolute atomic E-state index is 0.00861. The molecule has 0 amide bonds. The van der Waals surface area contributed by atoms with Gasteiger partial charge in [0.15, 0.2) is 0 Å². The smallest absolute Gasteiger partial charge is 0.119 e. The normalized spacial score (nSPS) is 15.8. The molecule has 3 atom stereocenters. The second kappa shape index (κ2) is 9.06. The quantitative estimate of drug-likeness (QED) is 0.732. The van der Waals surface area contributed by atoms with Gasteiger partial charge in [-0.3, -0.25) is 0 Å². The van der Waals surface area contributed by atoms with Gasteiger partial charge >= 0.3 is 0 Å². The van der Waals surface area contributed by atoms with Crippen molar-refractivity contribution in [1.29, 1.82) is 0 Å². The molecule has 1 rings (SSSR count). The molecule has 3 heteroatoms. The molecule has 120 valence electrons. The predicted molar refractivity (Wildman–Crippen MR) is 88.6 cm³/mol. The van der Waals surface area contributed by atoms with E-state index in [1.165, 1.54) is 0 Å². The van der Waals surface area contributed by atoms with Crippen LogP contribution >= 0.6 is 0 Å². The molecule has 21 heavy (non-hydrogen) atoms. The molecule has 3 nitrogen and oxygen atoms in total. The van der Waals surface area contributed by atoms with Crippen molar-refractivity contribution >= 4 is 0 Å². The zero-order chi connectivity index (χ0) is 15.8. The van der Waals surface area contributed by atoms with Crippen LogP contribution in [0, 0.1) is 11.8 Å². The second-order valence-corrected chi connectivity index (χ2v) is 6.37. The Balaban J connectivity index is 2.72. The van der Waals surface area contributed by atoms with Crippen molar-refractivity contribution in [3.63, 3.8) is 0 Å². The maximum atomic E-state index is 10.5. The molecule has 0 aliphatic carbocycles. The molecule has 0 aliphatic rings. The van der Waals surface area contributed by atoms with Gasteiger partial charge in [0, 0.05) is 12.5 Å². The van der Waals surface area contributed by atoms with E-state index in [0.29, 0.717) is 12.5 Å². The average molecular weight is 293 g/mol. The standard InChI is InChI=1S/C18H31NO2/c1-5-6-14(4)18(20)17(11-19)15-7-9-16(10-8-15)21-12-13(2)3/h7-10,13-14,17-18,20H,5-6,11-12,19H2,1-4H3. The van der Waals surface area contributed by atoms with Crippen molar-refractivity contribution in [1.82, 2.24) is 0 Å². The number of aliphatic hydroxyl groups excluding tert-OH is 1. The monoisotopic (exact) mass is 293 g/mol. The Morgan fingerprint density at radius 3 is 2.24 bits per heavy atom. The summed E-state index contributed by atoms with van der Waals surface area (Å²) in [5.74, 6) is 1.64. The SMILES string of the molecule is CCCC(C)C(O)C(CN)c1ccc(OCC(C)C)cc1. The first-order valence-electron chi connectivity index (χ1n) is 8.10. The number of hydrogen-bond acceptors (Lipinski definition) is 3. The summed E-state index contributed by atoms with van der Waals surface area (Å²) in [4.78, 5) is 0. The maximum absolute atomic E-state index is 10.5. The van der Waals surface area contributed by atoms with E-state index >= 15 is 0 Å². The van der Waals surface area contributed by atoms with Gasteiger partial charge in [0.1, 0.15) is 5.75 Å². The molecule has 0 spiro atoms. The van der Waals surface area contributed by atoms with Crippen LogP contribution in [0.1, 0.15) is 52.0 Å². The Bertz CT molecular complexity index is 389. The molecule has 3 unspecified atom stereocenters. The summed E-state index contributed by atoms with van der Waals surface area (Å²) in [6.07, 6.45) is 1.71. The minimum atomic E-state index is -0.391. The van der Waals surface area contributed by atoms with E-state index in [9.17, 15) is 5.11 Å². The topological polar surface area (TPSA) is 55.5 Å². The highest BCUT2D eigenvalue weighted by atomic mass is 16.5. The van der Waals surface area contributed by atoms with Gasteiger partial charge in [-0.05, 0) is 36.0 Å². The van der Waals surface area contributed by atoms with Crippen LogP contribution in [0.15, 0.2) is 24.3 Å². The molecule has 0 aliphatic heterocycles. The largest absolute Gasteiger partial charge is 0.493 e. The van der Waals surface area contributed by atoms with Gasteiger partial charge in [-0.25, -0.2) is 0 Å². The highest BCUT2D eigenvalue weighted by Crippen LogP contribution is 2.27. The van der Waals surface area contributed by atoms with Crippen LogP contribution in [0.25, 0.3) is 0 Å². The summed E-state index contributed by atoms with van der Waals surface area (Å²) >= 11 is 0. The van der Waals surface area contributed by atoms with E-state index < -0.39 is 6.10 Å². The zero-order valence-corrected chi connectivity index (χ0v) is 13.9. The first-order valence-corrected chi connectivity index (χ1v) is 8.10. The van der Waals surface area contributed by atoms with E-state index in [0.717, 1.165) is 30.8 Å². The van der Waals surface area contributed by atoms with Gasteiger partial charge in [0.05, 0.1) is 12.7 Å². The first-order chi connectivity index (χ1) is 9.99. The van der Waals surface area contributed by atoms with Gasteiger partial charge in [0.25, 0.3) is 0 Å². The van der Waals surface area contributed by atoms with Crippen LogP contribution in [0.4, 0.5) is 0 Å². The lowest BCUT2D eigenvalue weighted by molar-refractivity contribution is 0.0858. The number of benzene rings is 1. The molecule has 0 aromatic heterocycles. The molecule has 3 N–H and O–H groups in total. The van der Waals surface area contributed by atoms with Crippen molar-refractivity contribution in [3.8, 4) is 5.75 Å². The molecule has 0 heterocycles. The summed E-state index contributed by atoms with van der Waals surface area (Å²) in [6, 6.07) is 7.99. The lowest BCUT2D eigenvalue weighted by Crippen LogP contribution is -2.31. The highest BCUT2D eigenvalue weighted by molar-refractivity contribution is 5.30. The lowest BCUT2D eigenvalue weighted by atomic mass is 9.84. The van der Waals surface area contributed by atoms with Gasteiger partial charge in [-0.1, -0.05) is 46.2 Å². The van der Waals surface area contributed by atoms with Crippen LogP contribution in [0.2, 0.25) is 0 Å². The zero-order valence-electron chi connectivity index (χ0n) is 13.9. The predicted octanol–water partition coefficient (Wildman–Crippen LogP) is 3.56.